The lowest BCUT2D eigenvalue weighted by Crippen LogP contribution is -2.35. The summed E-state index contributed by atoms with van der Waals surface area (Å²) in [6.07, 6.45) is 3.74. The van der Waals surface area contributed by atoms with Gasteiger partial charge in [-0.25, -0.2) is 19.6 Å². The van der Waals surface area contributed by atoms with Crippen molar-refractivity contribution >= 4 is 29.1 Å². The third-order valence-corrected chi connectivity index (χ3v) is 3.77. The number of hydrogen-bond donors (Lipinski definition) is 3. The van der Waals surface area contributed by atoms with Crippen LogP contribution >= 0.6 is 0 Å². The molecule has 0 radical (unpaired) electrons. The Kier molecular flexibility index (Phi) is 4.26. The standard InChI is InChI=1S/C14H18N6O3/c1-23-14(22)20-5-3-9(8-20)6-17-13(21)19-11-7-16-12-10(18-11)2-4-15-12/h2,4,7,9H,3,5-6,8H2,1H3,(H,15,16)(H2,17,18,19,21). The number of urea groups is 1. The van der Waals surface area contributed by atoms with Crippen molar-refractivity contribution in [2.75, 3.05) is 32.1 Å². The van der Waals surface area contributed by atoms with Crippen molar-refractivity contribution in [2.24, 2.45) is 5.92 Å². The van der Waals surface area contributed by atoms with Gasteiger partial charge in [-0.3, -0.25) is 5.32 Å². The highest BCUT2D eigenvalue weighted by Crippen LogP contribution is 2.16. The summed E-state index contributed by atoms with van der Waals surface area (Å²) in [6, 6.07) is 1.44. The number of hydrogen-bond acceptors (Lipinski definition) is 5. The smallest absolute Gasteiger partial charge is 0.409 e. The molecule has 3 heterocycles. The molecule has 9 heteroatoms. The molecule has 0 aliphatic carbocycles. The zero-order valence-corrected chi connectivity index (χ0v) is 12.7. The normalized spacial score (nSPS) is 17.3. The maximum atomic E-state index is 11.9. The number of carbonyl (C=O) groups excluding carboxylic acids is 2. The topological polar surface area (TPSA) is 112 Å². The number of fused-ring (bicyclic) bond motifs is 1. The Hall–Kier alpha value is -2.84. The number of ether oxygens (including phenoxy) is 1. The minimum Gasteiger partial charge on any atom is -0.453 e. The monoisotopic (exact) mass is 318 g/mol. The molecule has 0 bridgehead atoms. The van der Waals surface area contributed by atoms with Crippen molar-refractivity contribution in [1.29, 1.82) is 0 Å². The van der Waals surface area contributed by atoms with Crippen LogP contribution in [-0.2, 0) is 4.74 Å². The molecule has 1 aliphatic rings. The molecule has 3 N–H and O–H groups in total. The van der Waals surface area contributed by atoms with Crippen molar-refractivity contribution in [3.8, 4) is 0 Å². The zero-order chi connectivity index (χ0) is 16.2. The highest BCUT2D eigenvalue weighted by molar-refractivity contribution is 5.89. The van der Waals surface area contributed by atoms with Crippen molar-refractivity contribution in [3.05, 3.63) is 18.5 Å². The lowest BCUT2D eigenvalue weighted by atomic mass is 10.1. The minimum absolute atomic E-state index is 0.220. The molecule has 0 aromatic carbocycles. The Labute approximate surface area is 132 Å². The number of H-pyrrole nitrogens is 1. The van der Waals surface area contributed by atoms with Gasteiger partial charge in [-0.15, -0.1) is 0 Å². The Morgan fingerprint density at radius 1 is 1.52 bits per heavy atom. The predicted molar refractivity (Wildman–Crippen MR) is 83.0 cm³/mol. The van der Waals surface area contributed by atoms with E-state index in [1.54, 1.807) is 17.2 Å². The molecule has 1 aliphatic heterocycles. The first-order chi connectivity index (χ1) is 11.2. The molecule has 1 atom stereocenters. The van der Waals surface area contributed by atoms with Gasteiger partial charge in [-0.1, -0.05) is 0 Å². The first-order valence-corrected chi connectivity index (χ1v) is 7.33. The summed E-state index contributed by atoms with van der Waals surface area (Å²) >= 11 is 0. The molecule has 0 saturated carbocycles. The highest BCUT2D eigenvalue weighted by Gasteiger charge is 2.26. The van der Waals surface area contributed by atoms with Gasteiger partial charge in [0.2, 0.25) is 0 Å². The number of carbonyl (C=O) groups is 2. The number of likely N-dealkylation sites (tertiary alicyclic amines) is 1. The number of aromatic amines is 1. The van der Waals surface area contributed by atoms with Crippen LogP contribution in [0.2, 0.25) is 0 Å². The number of nitrogens with zero attached hydrogens (tertiary/aromatic N) is 3. The van der Waals surface area contributed by atoms with E-state index in [4.69, 9.17) is 0 Å². The van der Waals surface area contributed by atoms with E-state index in [1.165, 1.54) is 13.3 Å². The average molecular weight is 318 g/mol. The number of anilines is 1. The van der Waals surface area contributed by atoms with Crippen molar-refractivity contribution in [3.63, 3.8) is 0 Å². The molecule has 2 aromatic rings. The molecular formula is C14H18N6O3. The Balaban J connectivity index is 1.47. The summed E-state index contributed by atoms with van der Waals surface area (Å²) in [6.45, 7) is 1.72. The van der Waals surface area contributed by atoms with E-state index in [2.05, 4.69) is 30.3 Å². The Morgan fingerprint density at radius 2 is 2.39 bits per heavy atom. The molecule has 0 spiro atoms. The van der Waals surface area contributed by atoms with Gasteiger partial charge in [0.15, 0.2) is 11.5 Å². The van der Waals surface area contributed by atoms with Crippen molar-refractivity contribution in [2.45, 2.75) is 6.42 Å². The lowest BCUT2D eigenvalue weighted by molar-refractivity contribution is 0.131. The summed E-state index contributed by atoms with van der Waals surface area (Å²) in [5.74, 6) is 0.607. The van der Waals surface area contributed by atoms with Crippen LogP contribution in [0.4, 0.5) is 15.4 Å². The summed E-state index contributed by atoms with van der Waals surface area (Å²) in [5.41, 5.74) is 1.36. The maximum Gasteiger partial charge on any atom is 0.409 e. The second kappa shape index (κ2) is 6.51. The van der Waals surface area contributed by atoms with Gasteiger partial charge in [0.05, 0.1) is 13.3 Å². The molecule has 122 valence electrons. The van der Waals surface area contributed by atoms with Gasteiger partial charge < -0.3 is 19.9 Å². The van der Waals surface area contributed by atoms with E-state index < -0.39 is 0 Å². The highest BCUT2D eigenvalue weighted by atomic mass is 16.5. The van der Waals surface area contributed by atoms with Gasteiger partial charge in [0, 0.05) is 25.8 Å². The Bertz CT molecular complexity index is 715. The SMILES string of the molecule is COC(=O)N1CCC(CNC(=O)Nc2cnc3[nH]ccc3n2)C1. The number of amides is 3. The van der Waals surface area contributed by atoms with Crippen LogP contribution in [-0.4, -0.2) is 58.7 Å². The van der Waals surface area contributed by atoms with Gasteiger partial charge in [-0.2, -0.15) is 0 Å². The second-order valence-electron chi connectivity index (χ2n) is 5.37. The fourth-order valence-corrected chi connectivity index (χ4v) is 2.58. The van der Waals surface area contributed by atoms with Crippen LogP contribution in [0.3, 0.4) is 0 Å². The van der Waals surface area contributed by atoms with E-state index in [0.717, 1.165) is 6.42 Å². The van der Waals surface area contributed by atoms with E-state index in [1.807, 2.05) is 0 Å². The lowest BCUT2D eigenvalue weighted by Gasteiger charge is -2.15. The summed E-state index contributed by atoms with van der Waals surface area (Å²) < 4.78 is 4.69. The Morgan fingerprint density at radius 3 is 3.22 bits per heavy atom. The molecule has 3 rings (SSSR count). The van der Waals surface area contributed by atoms with E-state index in [9.17, 15) is 9.59 Å². The van der Waals surface area contributed by atoms with Crippen LogP contribution in [0.15, 0.2) is 18.5 Å². The summed E-state index contributed by atoms with van der Waals surface area (Å²) in [4.78, 5) is 36.3. The van der Waals surface area contributed by atoms with E-state index in [0.29, 0.717) is 36.6 Å². The van der Waals surface area contributed by atoms with Crippen molar-refractivity contribution in [1.82, 2.24) is 25.2 Å². The van der Waals surface area contributed by atoms with Gasteiger partial charge in [-0.05, 0) is 18.4 Å². The van der Waals surface area contributed by atoms with Crippen LogP contribution in [0.5, 0.6) is 0 Å². The van der Waals surface area contributed by atoms with Crippen LogP contribution in [0.25, 0.3) is 11.2 Å². The van der Waals surface area contributed by atoms with E-state index in [-0.39, 0.29) is 18.0 Å². The van der Waals surface area contributed by atoms with Crippen LogP contribution in [0.1, 0.15) is 6.42 Å². The van der Waals surface area contributed by atoms with Gasteiger partial charge >= 0.3 is 12.1 Å². The van der Waals surface area contributed by atoms with Gasteiger partial charge in [0.25, 0.3) is 0 Å². The summed E-state index contributed by atoms with van der Waals surface area (Å²) in [7, 11) is 1.36. The summed E-state index contributed by atoms with van der Waals surface area (Å²) in [5, 5.41) is 5.44. The molecule has 1 fully saturated rings. The van der Waals surface area contributed by atoms with Crippen LogP contribution < -0.4 is 10.6 Å². The number of methoxy groups -OCH3 is 1. The van der Waals surface area contributed by atoms with Gasteiger partial charge in [0.1, 0.15) is 5.52 Å². The third-order valence-electron chi connectivity index (χ3n) is 3.77. The first-order valence-electron chi connectivity index (χ1n) is 7.33. The number of aromatic nitrogens is 3. The van der Waals surface area contributed by atoms with Crippen molar-refractivity contribution < 1.29 is 14.3 Å². The van der Waals surface area contributed by atoms with E-state index >= 15 is 0 Å². The predicted octanol–water partition coefficient (Wildman–Crippen LogP) is 1.17. The second-order valence-corrected chi connectivity index (χ2v) is 5.37. The molecule has 2 aromatic heterocycles. The molecule has 1 saturated heterocycles. The molecule has 1 unspecified atom stereocenters. The maximum absolute atomic E-state index is 11.9. The number of nitrogens with one attached hydrogen (secondary N) is 3. The fraction of sp³-hybridized carbons (Fsp3) is 0.429. The molecular weight excluding hydrogens is 300 g/mol. The molecule has 9 nitrogen and oxygen atoms in total. The third kappa shape index (κ3) is 3.50. The fourth-order valence-electron chi connectivity index (χ4n) is 2.58. The zero-order valence-electron chi connectivity index (χ0n) is 12.7. The largest absolute Gasteiger partial charge is 0.453 e. The average Bonchev–Trinajstić information content (AvgIpc) is 3.20. The minimum atomic E-state index is -0.342. The molecule has 23 heavy (non-hydrogen) atoms. The first kappa shape index (κ1) is 15.1. The quantitative estimate of drug-likeness (QED) is 0.786. The number of rotatable bonds is 3. The van der Waals surface area contributed by atoms with Crippen LogP contribution in [0, 0.1) is 5.92 Å². The molecule has 3 amide bonds.